The van der Waals surface area contributed by atoms with Crippen LogP contribution in [0.1, 0.15) is 22.3 Å². The summed E-state index contributed by atoms with van der Waals surface area (Å²) in [6.45, 7) is -0.0434. The second-order valence-corrected chi connectivity index (χ2v) is 7.72. The van der Waals surface area contributed by atoms with E-state index in [9.17, 15) is 24.6 Å². The zero-order valence-corrected chi connectivity index (χ0v) is 15.4. The molecule has 0 aromatic heterocycles. The molecule has 0 radical (unpaired) electrons. The maximum atomic E-state index is 12.5. The number of thioether (sulfide) groups is 1. The molecule has 3 rings (SSSR count). The van der Waals surface area contributed by atoms with Gasteiger partial charge in [0, 0.05) is 25.6 Å². The lowest BCUT2D eigenvalue weighted by atomic mass is 10.1. The van der Waals surface area contributed by atoms with E-state index in [1.54, 1.807) is 37.4 Å². The van der Waals surface area contributed by atoms with Crippen LogP contribution in [-0.2, 0) is 9.59 Å². The maximum Gasteiger partial charge on any atom is 0.265 e. The number of likely N-dealkylation sites (tertiary alicyclic amines) is 1. The number of nitrogens with zero attached hydrogens (tertiary/aromatic N) is 2. The van der Waals surface area contributed by atoms with Gasteiger partial charge < -0.3 is 19.9 Å². The third kappa shape index (κ3) is 3.50. The number of benzene rings is 1. The molecule has 0 saturated carbocycles. The van der Waals surface area contributed by atoms with Crippen LogP contribution in [0.3, 0.4) is 0 Å². The third-order valence-corrected chi connectivity index (χ3v) is 5.74. The van der Waals surface area contributed by atoms with Crippen molar-refractivity contribution in [1.29, 1.82) is 0 Å². The largest absolute Gasteiger partial charge is 0.548 e. The lowest BCUT2D eigenvalue weighted by molar-refractivity contribution is -0.310. The first-order valence-electron chi connectivity index (χ1n) is 7.79. The van der Waals surface area contributed by atoms with Crippen molar-refractivity contribution in [2.45, 2.75) is 18.6 Å². The molecule has 0 unspecified atom stereocenters. The van der Waals surface area contributed by atoms with Gasteiger partial charge in [-0.05, 0) is 23.8 Å². The fraction of sp³-hybridized carbons (Fsp3) is 0.294. The minimum atomic E-state index is -1.38. The molecule has 136 valence electrons. The molecular formula is C17H15N2O5S2-. The molecule has 7 nitrogen and oxygen atoms in total. The summed E-state index contributed by atoms with van der Waals surface area (Å²) in [6.07, 6.45) is 0.767. The minimum Gasteiger partial charge on any atom is -0.548 e. The Morgan fingerprint density at radius 1 is 1.35 bits per heavy atom. The zero-order valence-electron chi connectivity index (χ0n) is 13.7. The molecule has 26 heavy (non-hydrogen) atoms. The van der Waals surface area contributed by atoms with Crippen LogP contribution in [0.25, 0.3) is 6.08 Å². The van der Waals surface area contributed by atoms with Gasteiger partial charge in [-0.1, -0.05) is 36.1 Å². The van der Waals surface area contributed by atoms with E-state index in [1.807, 2.05) is 0 Å². The van der Waals surface area contributed by atoms with E-state index >= 15 is 0 Å². The number of aliphatic hydroxyl groups excluding tert-OH is 1. The number of carboxylic acid groups (broad SMARTS) is 1. The van der Waals surface area contributed by atoms with Crippen molar-refractivity contribution in [1.82, 2.24) is 9.80 Å². The molecule has 2 aliphatic heterocycles. The molecule has 2 saturated heterocycles. The maximum absolute atomic E-state index is 12.5. The summed E-state index contributed by atoms with van der Waals surface area (Å²) in [6, 6.07) is 5.30. The standard InChI is InChI=1S/C17H16N2O5S2/c1-18-15(22)13(26-17(18)25)6-9-2-4-10(5-3-9)14(21)19-8-11(20)7-12(19)16(23)24/h2-6,11-12,20H,7-8H2,1H3,(H,23,24)/p-1/b13-6+/t11-,12-/m1/s1. The number of aliphatic carboxylic acids is 1. The monoisotopic (exact) mass is 391 g/mol. The van der Waals surface area contributed by atoms with Crippen molar-refractivity contribution < 1.29 is 24.6 Å². The van der Waals surface area contributed by atoms with Crippen molar-refractivity contribution in [3.8, 4) is 0 Å². The molecule has 1 aromatic carbocycles. The SMILES string of the molecule is CN1C(=O)/C(=C\c2ccc(C(=O)N3C[C@H](O)C[C@@H]3C(=O)[O-])cc2)SC1=S. The van der Waals surface area contributed by atoms with Gasteiger partial charge in [-0.2, -0.15) is 0 Å². The van der Waals surface area contributed by atoms with Gasteiger partial charge in [0.15, 0.2) is 0 Å². The van der Waals surface area contributed by atoms with E-state index in [-0.39, 0.29) is 18.9 Å². The van der Waals surface area contributed by atoms with Crippen molar-refractivity contribution in [3.63, 3.8) is 0 Å². The van der Waals surface area contributed by atoms with Crippen LogP contribution in [0, 0.1) is 0 Å². The number of rotatable bonds is 3. The Morgan fingerprint density at radius 2 is 2.00 bits per heavy atom. The molecule has 0 aliphatic carbocycles. The molecule has 0 bridgehead atoms. The first-order valence-corrected chi connectivity index (χ1v) is 9.02. The van der Waals surface area contributed by atoms with Crippen molar-refractivity contribution in [2.75, 3.05) is 13.6 Å². The molecule has 2 atom stereocenters. The molecule has 0 spiro atoms. The quantitative estimate of drug-likeness (QED) is 0.564. The highest BCUT2D eigenvalue weighted by Crippen LogP contribution is 2.31. The molecule has 9 heteroatoms. The number of thiocarbonyl (C=S) groups is 1. The Kier molecular flexibility index (Phi) is 5.12. The molecule has 2 fully saturated rings. The Balaban J connectivity index is 1.78. The summed E-state index contributed by atoms with van der Waals surface area (Å²) < 4.78 is 0.481. The molecule has 2 amide bonds. The highest BCUT2D eigenvalue weighted by molar-refractivity contribution is 8.26. The van der Waals surface area contributed by atoms with Crippen molar-refractivity contribution in [3.05, 3.63) is 40.3 Å². The number of amides is 2. The van der Waals surface area contributed by atoms with E-state index in [0.29, 0.717) is 20.4 Å². The topological polar surface area (TPSA) is 101 Å². The second kappa shape index (κ2) is 7.18. The molecule has 2 heterocycles. The van der Waals surface area contributed by atoms with E-state index in [1.165, 1.54) is 16.7 Å². The summed E-state index contributed by atoms with van der Waals surface area (Å²) in [4.78, 5) is 38.7. The predicted molar refractivity (Wildman–Crippen MR) is 97.8 cm³/mol. The second-order valence-electron chi connectivity index (χ2n) is 6.04. The third-order valence-electron chi connectivity index (χ3n) is 4.25. The summed E-state index contributed by atoms with van der Waals surface area (Å²) in [5.41, 5.74) is 1.01. The van der Waals surface area contributed by atoms with Gasteiger partial charge in [0.1, 0.15) is 4.32 Å². The van der Waals surface area contributed by atoms with Crippen LogP contribution in [0.2, 0.25) is 0 Å². The highest BCUT2D eigenvalue weighted by Gasteiger charge is 2.35. The minimum absolute atomic E-state index is 0.0367. The van der Waals surface area contributed by atoms with E-state index < -0.39 is 24.0 Å². The van der Waals surface area contributed by atoms with E-state index in [0.717, 1.165) is 4.90 Å². The number of β-amino-alcohol motifs (C(OH)–C–C–N with tert-alkyl or cyclic N) is 1. The summed E-state index contributed by atoms with van der Waals surface area (Å²) in [5, 5.41) is 20.8. The van der Waals surface area contributed by atoms with Crippen LogP contribution < -0.4 is 5.11 Å². The number of hydrogen-bond acceptors (Lipinski definition) is 7. The lowest BCUT2D eigenvalue weighted by Crippen LogP contribution is -2.47. The number of likely N-dealkylation sites (N-methyl/N-ethyl adjacent to an activating group) is 1. The van der Waals surface area contributed by atoms with Crippen LogP contribution in [0.5, 0.6) is 0 Å². The fourth-order valence-corrected chi connectivity index (χ4v) is 4.03. The van der Waals surface area contributed by atoms with E-state index in [4.69, 9.17) is 12.2 Å². The van der Waals surface area contributed by atoms with Gasteiger partial charge in [-0.3, -0.25) is 14.5 Å². The normalized spacial score (nSPS) is 24.6. The zero-order chi connectivity index (χ0) is 19.0. The lowest BCUT2D eigenvalue weighted by Gasteiger charge is -2.25. The van der Waals surface area contributed by atoms with Crippen molar-refractivity contribution >= 4 is 52.2 Å². The molecule has 1 aromatic rings. The van der Waals surface area contributed by atoms with Crippen LogP contribution in [0.15, 0.2) is 29.2 Å². The predicted octanol–water partition coefficient (Wildman–Crippen LogP) is -0.157. The van der Waals surface area contributed by atoms with Gasteiger partial charge in [0.05, 0.1) is 23.0 Å². The Hall–Kier alpha value is -2.23. The molecular weight excluding hydrogens is 376 g/mol. The van der Waals surface area contributed by atoms with Crippen LogP contribution in [-0.4, -0.2) is 62.7 Å². The number of hydrogen-bond donors (Lipinski definition) is 1. The summed E-state index contributed by atoms with van der Waals surface area (Å²) >= 11 is 6.28. The summed E-state index contributed by atoms with van der Waals surface area (Å²) in [7, 11) is 1.61. The van der Waals surface area contributed by atoms with Crippen LogP contribution >= 0.6 is 24.0 Å². The molecule has 1 N–H and O–H groups in total. The Bertz CT molecular complexity index is 821. The first-order chi connectivity index (χ1) is 12.3. The molecule has 2 aliphatic rings. The van der Waals surface area contributed by atoms with Crippen molar-refractivity contribution in [2.24, 2.45) is 0 Å². The van der Waals surface area contributed by atoms with Crippen LogP contribution in [0.4, 0.5) is 0 Å². The highest BCUT2D eigenvalue weighted by atomic mass is 32.2. The Morgan fingerprint density at radius 3 is 2.54 bits per heavy atom. The van der Waals surface area contributed by atoms with Gasteiger partial charge in [-0.15, -0.1) is 0 Å². The number of carboxylic acids is 1. The van der Waals surface area contributed by atoms with E-state index in [2.05, 4.69) is 0 Å². The summed E-state index contributed by atoms with van der Waals surface area (Å²) in [5.74, 6) is -2.04. The first kappa shape index (κ1) is 18.6. The van der Waals surface area contributed by atoms with Gasteiger partial charge >= 0.3 is 0 Å². The Labute approximate surface area is 159 Å². The van der Waals surface area contributed by atoms with Gasteiger partial charge in [-0.25, -0.2) is 0 Å². The fourth-order valence-electron chi connectivity index (χ4n) is 2.85. The number of carbonyl (C=O) groups is 3. The van der Waals surface area contributed by atoms with Gasteiger partial charge in [0.25, 0.3) is 11.8 Å². The average molecular weight is 391 g/mol. The smallest absolute Gasteiger partial charge is 0.265 e. The van der Waals surface area contributed by atoms with Gasteiger partial charge in [0.2, 0.25) is 0 Å². The number of aliphatic hydroxyl groups is 1. The number of carbonyl (C=O) groups excluding carboxylic acids is 3. The average Bonchev–Trinajstić information content (AvgIpc) is 3.11.